The molecule has 0 aliphatic rings. The van der Waals surface area contributed by atoms with Crippen molar-refractivity contribution in [3.8, 4) is 0 Å². The summed E-state index contributed by atoms with van der Waals surface area (Å²) in [6.45, 7) is 1.77. The molecule has 17 heavy (non-hydrogen) atoms. The van der Waals surface area contributed by atoms with Crippen LogP contribution in [0.15, 0.2) is 18.2 Å². The maximum atomic E-state index is 10.6. The summed E-state index contributed by atoms with van der Waals surface area (Å²) < 4.78 is 0. The van der Waals surface area contributed by atoms with Crippen molar-refractivity contribution in [1.29, 1.82) is 0 Å². The molecule has 0 bridgehead atoms. The minimum Gasteiger partial charge on any atom is -0.373 e. The molecule has 0 heterocycles. The van der Waals surface area contributed by atoms with Crippen molar-refractivity contribution in [3.05, 3.63) is 33.3 Å². The smallest absolute Gasteiger partial charge is 0.271 e. The molecule has 0 atom stereocenters. The lowest BCUT2D eigenvalue weighted by Crippen LogP contribution is -2.22. The van der Waals surface area contributed by atoms with Gasteiger partial charge in [-0.25, -0.2) is 0 Å². The second-order valence-electron chi connectivity index (χ2n) is 3.77. The van der Waals surface area contributed by atoms with E-state index in [4.69, 9.17) is 11.6 Å². The summed E-state index contributed by atoms with van der Waals surface area (Å²) in [6.07, 6.45) is 0.986. The van der Waals surface area contributed by atoms with E-state index < -0.39 is 4.92 Å². The Kier molecular flexibility index (Phi) is 5.18. The van der Waals surface area contributed by atoms with Crippen molar-refractivity contribution in [3.63, 3.8) is 0 Å². The molecule has 0 radical (unpaired) electrons. The summed E-state index contributed by atoms with van der Waals surface area (Å²) in [6, 6.07) is 4.53. The fourth-order valence-corrected chi connectivity index (χ4v) is 1.85. The zero-order valence-corrected chi connectivity index (χ0v) is 10.7. The van der Waals surface area contributed by atoms with Gasteiger partial charge >= 0.3 is 0 Å². The summed E-state index contributed by atoms with van der Waals surface area (Å²) >= 11 is 6.02. The van der Waals surface area contributed by atoms with Gasteiger partial charge in [-0.15, -0.1) is 0 Å². The average Bonchev–Trinajstić information content (AvgIpc) is 2.28. The predicted molar refractivity (Wildman–Crippen MR) is 69.9 cm³/mol. The molecule has 1 aromatic rings. The van der Waals surface area contributed by atoms with Gasteiger partial charge < -0.3 is 10.2 Å². The number of non-ortho nitro benzene ring substituents is 1. The molecule has 0 spiro atoms. The lowest BCUT2D eigenvalue weighted by Gasteiger charge is -2.20. The monoisotopic (exact) mass is 257 g/mol. The fraction of sp³-hybridized carbons (Fsp3) is 0.455. The van der Waals surface area contributed by atoms with Crippen LogP contribution in [0.3, 0.4) is 0 Å². The van der Waals surface area contributed by atoms with Crippen molar-refractivity contribution in [2.45, 2.75) is 6.42 Å². The van der Waals surface area contributed by atoms with E-state index in [0.717, 1.165) is 25.2 Å². The number of nitrogens with one attached hydrogen (secondary N) is 1. The fourth-order valence-electron chi connectivity index (χ4n) is 1.53. The highest BCUT2D eigenvalue weighted by molar-refractivity contribution is 6.33. The third kappa shape index (κ3) is 3.87. The first kappa shape index (κ1) is 13.7. The minimum absolute atomic E-state index is 0.0161. The van der Waals surface area contributed by atoms with Crippen LogP contribution >= 0.6 is 11.6 Å². The van der Waals surface area contributed by atoms with E-state index in [0.29, 0.717) is 5.02 Å². The van der Waals surface area contributed by atoms with Gasteiger partial charge in [-0.05, 0) is 26.1 Å². The number of rotatable bonds is 6. The Morgan fingerprint density at radius 3 is 2.76 bits per heavy atom. The standard InChI is InChI=1S/C11H16ClN3O2/c1-13-6-3-7-14(2)11-5-4-9(15(16)17)8-10(11)12/h4-5,8,13H,3,6-7H2,1-2H3. The van der Waals surface area contributed by atoms with E-state index in [2.05, 4.69) is 5.32 Å². The van der Waals surface area contributed by atoms with E-state index in [-0.39, 0.29) is 5.69 Å². The molecule has 1 aromatic carbocycles. The molecular weight excluding hydrogens is 242 g/mol. The summed E-state index contributed by atoms with van der Waals surface area (Å²) in [5.41, 5.74) is 0.829. The Morgan fingerprint density at radius 2 is 2.24 bits per heavy atom. The number of nitrogens with zero attached hydrogens (tertiary/aromatic N) is 2. The number of nitro benzene ring substituents is 1. The topological polar surface area (TPSA) is 58.4 Å². The van der Waals surface area contributed by atoms with Gasteiger partial charge in [0.1, 0.15) is 0 Å². The van der Waals surface area contributed by atoms with Crippen molar-refractivity contribution < 1.29 is 4.92 Å². The van der Waals surface area contributed by atoms with Crippen LogP contribution in [0.4, 0.5) is 11.4 Å². The van der Waals surface area contributed by atoms with Crippen molar-refractivity contribution in [2.24, 2.45) is 0 Å². The summed E-state index contributed by atoms with van der Waals surface area (Å²) in [5.74, 6) is 0. The molecule has 0 fully saturated rings. The van der Waals surface area contributed by atoms with Crippen LogP contribution < -0.4 is 10.2 Å². The van der Waals surface area contributed by atoms with Gasteiger partial charge in [0.2, 0.25) is 0 Å². The lowest BCUT2D eigenvalue weighted by atomic mass is 10.2. The molecule has 5 nitrogen and oxygen atoms in total. The van der Waals surface area contributed by atoms with Crippen LogP contribution in [0.2, 0.25) is 5.02 Å². The number of anilines is 1. The number of hydrogen-bond donors (Lipinski definition) is 1. The molecule has 6 heteroatoms. The Labute approximate surface area is 106 Å². The van der Waals surface area contributed by atoms with Gasteiger partial charge in [-0.2, -0.15) is 0 Å². The highest BCUT2D eigenvalue weighted by atomic mass is 35.5. The summed E-state index contributed by atoms with van der Waals surface area (Å²) in [5, 5.41) is 14.0. The first-order valence-corrected chi connectivity index (χ1v) is 5.73. The largest absolute Gasteiger partial charge is 0.373 e. The predicted octanol–water partition coefficient (Wildman–Crippen LogP) is 2.29. The summed E-state index contributed by atoms with van der Waals surface area (Å²) in [7, 11) is 3.82. The molecule has 0 aromatic heterocycles. The molecule has 0 unspecified atom stereocenters. The molecule has 0 saturated heterocycles. The maximum Gasteiger partial charge on any atom is 0.271 e. The second kappa shape index (κ2) is 6.42. The first-order chi connectivity index (χ1) is 8.06. The average molecular weight is 258 g/mol. The Bertz CT molecular complexity index is 398. The van der Waals surface area contributed by atoms with Crippen molar-refractivity contribution in [1.82, 2.24) is 5.32 Å². The number of hydrogen-bond acceptors (Lipinski definition) is 4. The zero-order chi connectivity index (χ0) is 12.8. The van der Waals surface area contributed by atoms with Crippen LogP contribution in [0.1, 0.15) is 6.42 Å². The van der Waals surface area contributed by atoms with Crippen LogP contribution in [-0.2, 0) is 0 Å². The molecule has 94 valence electrons. The molecule has 1 N–H and O–H groups in total. The minimum atomic E-state index is -0.448. The third-order valence-corrected chi connectivity index (χ3v) is 2.78. The zero-order valence-electron chi connectivity index (χ0n) is 9.94. The molecule has 0 aliphatic carbocycles. The highest BCUT2D eigenvalue weighted by Gasteiger charge is 2.11. The van der Waals surface area contributed by atoms with Crippen LogP contribution in [0.25, 0.3) is 0 Å². The molecule has 0 amide bonds. The van der Waals surface area contributed by atoms with E-state index in [1.165, 1.54) is 12.1 Å². The van der Waals surface area contributed by atoms with E-state index in [1.54, 1.807) is 6.07 Å². The normalized spacial score (nSPS) is 10.3. The van der Waals surface area contributed by atoms with Gasteiger partial charge in [-0.1, -0.05) is 11.6 Å². The molecular formula is C11H16ClN3O2. The molecule has 0 aliphatic heterocycles. The first-order valence-electron chi connectivity index (χ1n) is 5.36. The Balaban J connectivity index is 2.74. The number of benzene rings is 1. The van der Waals surface area contributed by atoms with Crippen molar-refractivity contribution >= 4 is 23.0 Å². The van der Waals surface area contributed by atoms with Gasteiger partial charge in [-0.3, -0.25) is 10.1 Å². The van der Waals surface area contributed by atoms with E-state index in [9.17, 15) is 10.1 Å². The number of halogens is 1. The summed E-state index contributed by atoms with van der Waals surface area (Å²) in [4.78, 5) is 12.1. The SMILES string of the molecule is CNCCCN(C)c1ccc([N+](=O)[O-])cc1Cl. The maximum absolute atomic E-state index is 10.6. The lowest BCUT2D eigenvalue weighted by molar-refractivity contribution is -0.384. The Morgan fingerprint density at radius 1 is 1.53 bits per heavy atom. The van der Waals surface area contributed by atoms with E-state index >= 15 is 0 Å². The van der Waals surface area contributed by atoms with Gasteiger partial charge in [0.15, 0.2) is 0 Å². The van der Waals surface area contributed by atoms with E-state index in [1.807, 2.05) is 19.0 Å². The van der Waals surface area contributed by atoms with Gasteiger partial charge in [0, 0.05) is 25.7 Å². The highest BCUT2D eigenvalue weighted by Crippen LogP contribution is 2.28. The number of nitro groups is 1. The van der Waals surface area contributed by atoms with Crippen LogP contribution in [0.5, 0.6) is 0 Å². The van der Waals surface area contributed by atoms with Crippen molar-refractivity contribution in [2.75, 3.05) is 32.1 Å². The van der Waals surface area contributed by atoms with Gasteiger partial charge in [0.25, 0.3) is 5.69 Å². The molecule has 1 rings (SSSR count). The van der Waals surface area contributed by atoms with Crippen LogP contribution in [-0.4, -0.2) is 32.1 Å². The second-order valence-corrected chi connectivity index (χ2v) is 4.18. The molecule has 0 saturated carbocycles. The van der Waals surface area contributed by atoms with Crippen LogP contribution in [0, 0.1) is 10.1 Å². The quantitative estimate of drug-likeness (QED) is 0.483. The Hall–Kier alpha value is -1.33. The third-order valence-electron chi connectivity index (χ3n) is 2.47. The van der Waals surface area contributed by atoms with Gasteiger partial charge in [0.05, 0.1) is 15.6 Å².